The van der Waals surface area contributed by atoms with Crippen molar-refractivity contribution in [2.75, 3.05) is 13.2 Å². The van der Waals surface area contributed by atoms with Crippen LogP contribution in [0.15, 0.2) is 30.3 Å². The van der Waals surface area contributed by atoms with Crippen LogP contribution in [0.2, 0.25) is 0 Å². The summed E-state index contributed by atoms with van der Waals surface area (Å²) in [6, 6.07) is 7.46. The topological polar surface area (TPSA) is 75.6 Å². The Morgan fingerprint density at radius 1 is 1.24 bits per heavy atom. The molecule has 0 aromatic heterocycles. The van der Waals surface area contributed by atoms with E-state index >= 15 is 0 Å². The maximum Gasteiger partial charge on any atom is 0.303 e. The second-order valence-electron chi connectivity index (χ2n) is 4.48. The SMILES string of the molecule is CCOc1ccc(C=CC(=O)NCCCCC(=O)O)cc1. The van der Waals surface area contributed by atoms with E-state index in [0.717, 1.165) is 11.3 Å². The van der Waals surface area contributed by atoms with Crippen LogP contribution in [0.4, 0.5) is 0 Å². The van der Waals surface area contributed by atoms with Crippen LogP contribution in [-0.2, 0) is 9.59 Å². The molecule has 0 unspecified atom stereocenters. The summed E-state index contributed by atoms with van der Waals surface area (Å²) >= 11 is 0. The second-order valence-corrected chi connectivity index (χ2v) is 4.48. The molecule has 1 aromatic rings. The zero-order chi connectivity index (χ0) is 15.5. The Bertz CT molecular complexity index is 480. The molecule has 0 bridgehead atoms. The van der Waals surface area contributed by atoms with Crippen LogP contribution in [0.25, 0.3) is 6.08 Å². The molecule has 5 nitrogen and oxygen atoms in total. The molecular formula is C16H21NO4. The Morgan fingerprint density at radius 3 is 2.57 bits per heavy atom. The fourth-order valence-corrected chi connectivity index (χ4v) is 1.69. The van der Waals surface area contributed by atoms with E-state index in [1.54, 1.807) is 6.08 Å². The van der Waals surface area contributed by atoms with E-state index in [1.807, 2.05) is 31.2 Å². The van der Waals surface area contributed by atoms with E-state index in [0.29, 0.717) is 26.0 Å². The zero-order valence-electron chi connectivity index (χ0n) is 12.2. The molecule has 0 aliphatic carbocycles. The molecule has 21 heavy (non-hydrogen) atoms. The van der Waals surface area contributed by atoms with Crippen molar-refractivity contribution in [2.24, 2.45) is 0 Å². The lowest BCUT2D eigenvalue weighted by atomic mass is 10.2. The molecule has 0 atom stereocenters. The van der Waals surface area contributed by atoms with Crippen LogP contribution in [0, 0.1) is 0 Å². The Hall–Kier alpha value is -2.30. The summed E-state index contributed by atoms with van der Waals surface area (Å²) in [5, 5.41) is 11.2. The molecule has 0 radical (unpaired) electrons. The lowest BCUT2D eigenvalue weighted by molar-refractivity contribution is -0.137. The normalized spacial score (nSPS) is 10.5. The minimum Gasteiger partial charge on any atom is -0.494 e. The van der Waals surface area contributed by atoms with E-state index < -0.39 is 5.97 Å². The Morgan fingerprint density at radius 2 is 1.95 bits per heavy atom. The fraction of sp³-hybridized carbons (Fsp3) is 0.375. The molecule has 1 amide bonds. The summed E-state index contributed by atoms with van der Waals surface area (Å²) in [5.74, 6) is -0.187. The first kappa shape index (κ1) is 16.8. The Balaban J connectivity index is 2.28. The minimum absolute atomic E-state index is 0.137. The van der Waals surface area contributed by atoms with Gasteiger partial charge >= 0.3 is 5.97 Å². The molecule has 2 N–H and O–H groups in total. The van der Waals surface area contributed by atoms with Crippen molar-refractivity contribution in [1.82, 2.24) is 5.32 Å². The lowest BCUT2D eigenvalue weighted by Crippen LogP contribution is -2.22. The van der Waals surface area contributed by atoms with E-state index in [1.165, 1.54) is 6.08 Å². The van der Waals surface area contributed by atoms with Crippen LogP contribution >= 0.6 is 0 Å². The number of carbonyl (C=O) groups is 2. The first-order valence-electron chi connectivity index (χ1n) is 7.02. The molecule has 0 aliphatic rings. The third-order valence-corrected chi connectivity index (χ3v) is 2.73. The van der Waals surface area contributed by atoms with E-state index in [4.69, 9.17) is 9.84 Å². The van der Waals surface area contributed by atoms with Gasteiger partial charge in [0.25, 0.3) is 0 Å². The van der Waals surface area contributed by atoms with Gasteiger partial charge in [0.1, 0.15) is 5.75 Å². The molecule has 0 spiro atoms. The summed E-state index contributed by atoms with van der Waals surface area (Å²) in [5.41, 5.74) is 0.916. The third kappa shape index (κ3) is 7.77. The van der Waals surface area contributed by atoms with Gasteiger partial charge in [0, 0.05) is 19.0 Å². The van der Waals surface area contributed by atoms with Gasteiger partial charge in [0.2, 0.25) is 5.91 Å². The summed E-state index contributed by atoms with van der Waals surface area (Å²) < 4.78 is 5.33. The minimum atomic E-state index is -0.809. The summed E-state index contributed by atoms with van der Waals surface area (Å²) in [7, 11) is 0. The van der Waals surface area contributed by atoms with E-state index in [9.17, 15) is 9.59 Å². The van der Waals surface area contributed by atoms with Gasteiger partial charge in [-0.25, -0.2) is 0 Å². The van der Waals surface area contributed by atoms with Crippen molar-refractivity contribution in [1.29, 1.82) is 0 Å². The number of hydrogen-bond donors (Lipinski definition) is 2. The Kier molecular flexibility index (Phi) is 7.64. The zero-order valence-corrected chi connectivity index (χ0v) is 12.2. The van der Waals surface area contributed by atoms with Crippen LogP contribution in [0.5, 0.6) is 5.75 Å². The average Bonchev–Trinajstić information content (AvgIpc) is 2.46. The number of carboxylic acid groups (broad SMARTS) is 1. The van der Waals surface area contributed by atoms with Gasteiger partial charge in [-0.1, -0.05) is 12.1 Å². The number of unbranched alkanes of at least 4 members (excludes halogenated alkanes) is 1. The monoisotopic (exact) mass is 291 g/mol. The van der Waals surface area contributed by atoms with Gasteiger partial charge < -0.3 is 15.2 Å². The molecule has 0 heterocycles. The standard InChI is InChI=1S/C16H21NO4/c1-2-21-14-9-6-13(7-10-14)8-11-15(18)17-12-4-3-5-16(19)20/h6-11H,2-5,12H2,1H3,(H,17,18)(H,19,20). The van der Waals surface area contributed by atoms with Crippen LogP contribution in [0.1, 0.15) is 31.7 Å². The number of amides is 1. The van der Waals surface area contributed by atoms with E-state index in [-0.39, 0.29) is 12.3 Å². The molecule has 0 saturated carbocycles. The summed E-state index contributed by atoms with van der Waals surface area (Å²) in [6.07, 6.45) is 4.56. The number of rotatable bonds is 9. The number of hydrogen-bond acceptors (Lipinski definition) is 3. The molecular weight excluding hydrogens is 270 g/mol. The number of aliphatic carboxylic acids is 1. The van der Waals surface area contributed by atoms with Crippen molar-refractivity contribution in [3.63, 3.8) is 0 Å². The summed E-state index contributed by atoms with van der Waals surface area (Å²) in [4.78, 5) is 21.9. The highest BCUT2D eigenvalue weighted by Gasteiger charge is 1.98. The number of ether oxygens (including phenoxy) is 1. The van der Waals surface area contributed by atoms with Gasteiger partial charge in [0.15, 0.2) is 0 Å². The maximum atomic E-state index is 11.5. The highest BCUT2D eigenvalue weighted by molar-refractivity contribution is 5.91. The molecule has 1 rings (SSSR count). The van der Waals surface area contributed by atoms with Gasteiger partial charge in [-0.15, -0.1) is 0 Å². The van der Waals surface area contributed by atoms with Crippen molar-refractivity contribution in [3.8, 4) is 5.75 Å². The van der Waals surface area contributed by atoms with Crippen LogP contribution < -0.4 is 10.1 Å². The summed E-state index contributed by atoms with van der Waals surface area (Å²) in [6.45, 7) is 3.04. The van der Waals surface area contributed by atoms with Gasteiger partial charge in [0.05, 0.1) is 6.61 Å². The second kappa shape index (κ2) is 9.58. The van der Waals surface area contributed by atoms with Gasteiger partial charge in [-0.3, -0.25) is 9.59 Å². The quantitative estimate of drug-likeness (QED) is 0.541. The number of carbonyl (C=O) groups excluding carboxylic acids is 1. The molecule has 0 fully saturated rings. The van der Waals surface area contributed by atoms with Crippen molar-refractivity contribution in [2.45, 2.75) is 26.2 Å². The van der Waals surface area contributed by atoms with Gasteiger partial charge in [-0.2, -0.15) is 0 Å². The third-order valence-electron chi connectivity index (χ3n) is 2.73. The van der Waals surface area contributed by atoms with Crippen LogP contribution in [0.3, 0.4) is 0 Å². The van der Waals surface area contributed by atoms with Crippen LogP contribution in [-0.4, -0.2) is 30.1 Å². The largest absolute Gasteiger partial charge is 0.494 e. The molecule has 0 saturated heterocycles. The molecule has 5 heteroatoms. The predicted octanol–water partition coefficient (Wildman–Crippen LogP) is 2.47. The predicted molar refractivity (Wildman–Crippen MR) is 81.1 cm³/mol. The van der Waals surface area contributed by atoms with E-state index in [2.05, 4.69) is 5.32 Å². The maximum absolute atomic E-state index is 11.5. The van der Waals surface area contributed by atoms with Gasteiger partial charge in [-0.05, 0) is 43.5 Å². The first-order valence-corrected chi connectivity index (χ1v) is 7.02. The van der Waals surface area contributed by atoms with Crippen molar-refractivity contribution >= 4 is 18.0 Å². The number of benzene rings is 1. The molecule has 0 aliphatic heterocycles. The highest BCUT2D eigenvalue weighted by atomic mass is 16.5. The highest BCUT2D eigenvalue weighted by Crippen LogP contribution is 2.12. The number of carboxylic acids is 1. The smallest absolute Gasteiger partial charge is 0.303 e. The first-order chi connectivity index (χ1) is 10.1. The average molecular weight is 291 g/mol. The fourth-order valence-electron chi connectivity index (χ4n) is 1.69. The Labute approximate surface area is 124 Å². The van der Waals surface area contributed by atoms with Crippen molar-refractivity contribution < 1.29 is 19.4 Å². The number of nitrogens with one attached hydrogen (secondary N) is 1. The molecule has 114 valence electrons. The molecule has 1 aromatic carbocycles. The lowest BCUT2D eigenvalue weighted by Gasteiger charge is -2.02. The van der Waals surface area contributed by atoms with Crippen molar-refractivity contribution in [3.05, 3.63) is 35.9 Å².